The van der Waals surface area contributed by atoms with Crippen LogP contribution in [0.3, 0.4) is 0 Å². The van der Waals surface area contributed by atoms with Crippen LogP contribution in [0, 0.1) is 28.6 Å². The number of aliphatic hydroxyl groups excluding tert-OH is 1. The van der Waals surface area contributed by atoms with Crippen LogP contribution in [-0.2, 0) is 0 Å². The minimum absolute atomic E-state index is 0.107. The van der Waals surface area contributed by atoms with Crippen molar-refractivity contribution in [3.63, 3.8) is 0 Å². The van der Waals surface area contributed by atoms with E-state index in [9.17, 15) is 5.11 Å². The van der Waals surface area contributed by atoms with E-state index in [-0.39, 0.29) is 6.10 Å². The van der Waals surface area contributed by atoms with E-state index in [1.54, 1.807) is 5.57 Å². The van der Waals surface area contributed by atoms with Crippen molar-refractivity contribution in [3.05, 3.63) is 52.4 Å². The average molecular weight is 434 g/mol. The van der Waals surface area contributed by atoms with Crippen molar-refractivity contribution in [3.8, 4) is 11.3 Å². The highest BCUT2D eigenvalue weighted by Crippen LogP contribution is 2.68. The lowest BCUT2D eigenvalue weighted by Gasteiger charge is -2.58. The van der Waals surface area contributed by atoms with Crippen molar-refractivity contribution in [2.75, 3.05) is 0 Å². The van der Waals surface area contributed by atoms with E-state index in [4.69, 9.17) is 4.98 Å². The van der Waals surface area contributed by atoms with Crippen molar-refractivity contribution in [2.45, 2.75) is 77.2 Å². The van der Waals surface area contributed by atoms with Gasteiger partial charge in [-0.2, -0.15) is 0 Å². The van der Waals surface area contributed by atoms with Crippen LogP contribution in [-0.4, -0.2) is 16.2 Å². The first-order valence-corrected chi connectivity index (χ1v) is 13.3. The van der Waals surface area contributed by atoms with E-state index < -0.39 is 0 Å². The van der Waals surface area contributed by atoms with Crippen LogP contribution in [0.2, 0.25) is 0 Å². The maximum absolute atomic E-state index is 10.2. The maximum Gasteiger partial charge on any atom is 0.0969 e. The van der Waals surface area contributed by atoms with Crippen LogP contribution in [0.1, 0.15) is 76.1 Å². The number of rotatable bonds is 2. The summed E-state index contributed by atoms with van der Waals surface area (Å²) in [6, 6.07) is 10.7. The molecule has 0 aliphatic heterocycles. The van der Waals surface area contributed by atoms with Crippen LogP contribution >= 0.6 is 11.3 Å². The Morgan fingerprint density at radius 3 is 2.68 bits per heavy atom. The number of thiazole rings is 1. The highest BCUT2D eigenvalue weighted by atomic mass is 32.1. The molecule has 1 heterocycles. The Morgan fingerprint density at radius 2 is 1.84 bits per heavy atom. The predicted molar refractivity (Wildman–Crippen MR) is 128 cm³/mol. The second kappa shape index (κ2) is 7.28. The maximum atomic E-state index is 10.2. The van der Waals surface area contributed by atoms with Gasteiger partial charge in [0.05, 0.1) is 16.8 Å². The Labute approximate surface area is 190 Å². The molecule has 2 aromatic rings. The van der Waals surface area contributed by atoms with Crippen LogP contribution in [0.5, 0.6) is 0 Å². The Bertz CT molecular complexity index is 995. The van der Waals surface area contributed by atoms with Crippen LogP contribution in [0.4, 0.5) is 0 Å². The summed E-state index contributed by atoms with van der Waals surface area (Å²) >= 11 is 1.89. The van der Waals surface area contributed by atoms with Gasteiger partial charge < -0.3 is 5.11 Å². The number of aliphatic hydroxyl groups is 1. The van der Waals surface area contributed by atoms with E-state index in [2.05, 4.69) is 55.6 Å². The molecule has 1 aromatic heterocycles. The monoisotopic (exact) mass is 433 g/mol. The zero-order valence-corrected chi connectivity index (χ0v) is 19.7. The van der Waals surface area contributed by atoms with Crippen molar-refractivity contribution in [1.82, 2.24) is 4.98 Å². The lowest BCUT2D eigenvalue weighted by atomic mass is 9.47. The zero-order chi connectivity index (χ0) is 21.2. The van der Waals surface area contributed by atoms with Crippen molar-refractivity contribution >= 4 is 11.3 Å². The normalized spacial score (nSPS) is 41.8. The third-order valence-corrected chi connectivity index (χ3v) is 10.9. The molecule has 2 nitrogen and oxygen atoms in total. The predicted octanol–water partition coefficient (Wildman–Crippen LogP) is 7.22. The summed E-state index contributed by atoms with van der Waals surface area (Å²) in [7, 11) is 0. The van der Waals surface area contributed by atoms with Gasteiger partial charge in [0.15, 0.2) is 0 Å². The molecule has 1 N–H and O–H groups in total. The summed E-state index contributed by atoms with van der Waals surface area (Å²) in [6.45, 7) is 5.13. The summed E-state index contributed by atoms with van der Waals surface area (Å²) < 4.78 is 0. The summed E-state index contributed by atoms with van der Waals surface area (Å²) in [5.74, 6) is 3.07. The summed E-state index contributed by atoms with van der Waals surface area (Å²) in [5.41, 5.74) is 4.70. The lowest BCUT2D eigenvalue weighted by Crippen LogP contribution is -2.50. The molecule has 4 aliphatic carbocycles. The van der Waals surface area contributed by atoms with Gasteiger partial charge >= 0.3 is 0 Å². The number of aromatic nitrogens is 1. The molecule has 3 saturated carbocycles. The largest absolute Gasteiger partial charge is 0.393 e. The molecule has 7 atom stereocenters. The van der Waals surface area contributed by atoms with Gasteiger partial charge in [0.1, 0.15) is 0 Å². The molecule has 3 heteroatoms. The van der Waals surface area contributed by atoms with Crippen molar-refractivity contribution < 1.29 is 5.11 Å². The highest BCUT2D eigenvalue weighted by molar-refractivity contribution is 7.10. The van der Waals surface area contributed by atoms with E-state index in [1.165, 1.54) is 49.1 Å². The number of nitrogens with zero attached hydrogens (tertiary/aromatic N) is 1. The van der Waals surface area contributed by atoms with Gasteiger partial charge in [-0.1, -0.05) is 55.8 Å². The molecule has 6 rings (SSSR count). The molecule has 164 valence electrons. The van der Waals surface area contributed by atoms with Crippen molar-refractivity contribution in [2.24, 2.45) is 28.6 Å². The molecule has 0 radical (unpaired) electrons. The molecule has 0 spiro atoms. The molecule has 31 heavy (non-hydrogen) atoms. The Balaban J connectivity index is 1.29. The van der Waals surface area contributed by atoms with Gasteiger partial charge in [-0.3, -0.25) is 0 Å². The number of allylic oxidation sites excluding steroid dienone is 1. The van der Waals surface area contributed by atoms with E-state index >= 15 is 0 Å². The Morgan fingerprint density at radius 1 is 1.00 bits per heavy atom. The smallest absolute Gasteiger partial charge is 0.0969 e. The second-order valence-corrected chi connectivity index (χ2v) is 12.2. The molecular formula is C28H35NOS. The fourth-order valence-electron chi connectivity index (χ4n) is 8.24. The van der Waals surface area contributed by atoms with Gasteiger partial charge in [0.2, 0.25) is 0 Å². The Hall–Kier alpha value is -1.45. The van der Waals surface area contributed by atoms with Gasteiger partial charge in [0.25, 0.3) is 0 Å². The minimum Gasteiger partial charge on any atom is -0.393 e. The standard InChI is InChI=1S/C28H35NOS/c1-27-14-12-20(30)16-19(27)8-9-21-22-10-11-24(28(22,2)15-13-23(21)27)26-29-25(17-31-26)18-6-4-3-5-7-18/h3-8,17,20-24,30H,9-16H2,1-2H3/t20?,21-,22-,23-,24?,27-,28-/m0/s1. The SMILES string of the molecule is C[C@]12CCC(O)CC1=CC[C@@H]1[C@@H]2CC[C@]2(C)C(c3nc(-c4ccccc4)cs3)CC[C@@H]12. The van der Waals surface area contributed by atoms with Gasteiger partial charge in [-0.15, -0.1) is 11.3 Å². The number of hydrogen-bond donors (Lipinski definition) is 1. The summed E-state index contributed by atoms with van der Waals surface area (Å²) in [4.78, 5) is 5.17. The molecule has 0 amide bonds. The lowest BCUT2D eigenvalue weighted by molar-refractivity contribution is -0.0409. The van der Waals surface area contributed by atoms with Crippen LogP contribution in [0.15, 0.2) is 47.4 Å². The zero-order valence-electron chi connectivity index (χ0n) is 18.9. The molecule has 0 saturated heterocycles. The minimum atomic E-state index is -0.107. The van der Waals surface area contributed by atoms with Crippen molar-refractivity contribution in [1.29, 1.82) is 0 Å². The number of fused-ring (bicyclic) bond motifs is 5. The van der Waals surface area contributed by atoms with Crippen LogP contribution < -0.4 is 0 Å². The molecule has 3 fully saturated rings. The first-order chi connectivity index (χ1) is 15.0. The van der Waals surface area contributed by atoms with Gasteiger partial charge in [-0.25, -0.2) is 4.98 Å². The second-order valence-electron chi connectivity index (χ2n) is 11.3. The quantitative estimate of drug-likeness (QED) is 0.507. The topological polar surface area (TPSA) is 33.1 Å². The molecule has 0 bridgehead atoms. The first kappa shape index (κ1) is 20.2. The average Bonchev–Trinajstić information content (AvgIpc) is 3.39. The fraction of sp³-hybridized carbons (Fsp3) is 0.607. The first-order valence-electron chi connectivity index (χ1n) is 12.4. The highest BCUT2D eigenvalue weighted by Gasteiger charge is 2.59. The third-order valence-electron chi connectivity index (χ3n) is 9.97. The van der Waals surface area contributed by atoms with Gasteiger partial charge in [0, 0.05) is 16.9 Å². The summed E-state index contributed by atoms with van der Waals surface area (Å²) in [6.07, 6.45) is 12.1. The van der Waals surface area contributed by atoms with E-state index in [1.807, 2.05) is 11.3 Å². The number of benzene rings is 1. The molecule has 1 aromatic carbocycles. The third kappa shape index (κ3) is 3.03. The molecular weight excluding hydrogens is 398 g/mol. The van der Waals surface area contributed by atoms with E-state index in [0.717, 1.165) is 36.3 Å². The summed E-state index contributed by atoms with van der Waals surface area (Å²) in [5, 5.41) is 13.9. The fourth-order valence-corrected chi connectivity index (χ4v) is 9.36. The Kier molecular flexibility index (Phi) is 4.74. The van der Waals surface area contributed by atoms with Gasteiger partial charge in [-0.05, 0) is 80.0 Å². The molecule has 4 aliphatic rings. The molecule has 2 unspecified atom stereocenters. The van der Waals surface area contributed by atoms with Crippen LogP contribution in [0.25, 0.3) is 11.3 Å². The number of hydrogen-bond acceptors (Lipinski definition) is 3. The van der Waals surface area contributed by atoms with E-state index in [0.29, 0.717) is 16.7 Å².